The molecule has 0 spiro atoms. The molecule has 1 aliphatic rings. The van der Waals surface area contributed by atoms with Gasteiger partial charge in [0.05, 0.1) is 18.2 Å². The SMILES string of the molecule is NC(c1ccccc1)(c1ccccc1)[C@@H]1CCCCN1[C@@H](CO)c1ccccc1. The highest BCUT2D eigenvalue weighted by Crippen LogP contribution is 2.41. The van der Waals surface area contributed by atoms with E-state index in [1.165, 1.54) is 0 Å². The van der Waals surface area contributed by atoms with Crippen LogP contribution in [-0.2, 0) is 5.54 Å². The van der Waals surface area contributed by atoms with Gasteiger partial charge in [0.1, 0.15) is 0 Å². The minimum atomic E-state index is -0.648. The molecular formula is C26H30N2O. The Morgan fingerprint density at radius 3 is 1.86 bits per heavy atom. The van der Waals surface area contributed by atoms with Crippen LogP contribution in [0.15, 0.2) is 91.0 Å². The summed E-state index contributed by atoms with van der Waals surface area (Å²) in [5.74, 6) is 0. The van der Waals surface area contributed by atoms with E-state index in [9.17, 15) is 5.11 Å². The Balaban J connectivity index is 1.82. The first-order chi connectivity index (χ1) is 14.2. The first kappa shape index (κ1) is 19.8. The van der Waals surface area contributed by atoms with Crippen LogP contribution >= 0.6 is 0 Å². The topological polar surface area (TPSA) is 49.5 Å². The van der Waals surface area contributed by atoms with Gasteiger partial charge >= 0.3 is 0 Å². The summed E-state index contributed by atoms with van der Waals surface area (Å²) >= 11 is 0. The molecule has 0 saturated carbocycles. The number of benzene rings is 3. The molecule has 1 aliphatic heterocycles. The molecule has 0 unspecified atom stereocenters. The highest BCUT2D eigenvalue weighted by atomic mass is 16.3. The summed E-state index contributed by atoms with van der Waals surface area (Å²) in [4.78, 5) is 2.44. The van der Waals surface area contributed by atoms with E-state index >= 15 is 0 Å². The van der Waals surface area contributed by atoms with Gasteiger partial charge in [-0.3, -0.25) is 4.90 Å². The van der Waals surface area contributed by atoms with E-state index in [1.54, 1.807) is 0 Å². The number of rotatable bonds is 6. The molecule has 3 aromatic carbocycles. The van der Waals surface area contributed by atoms with Crippen molar-refractivity contribution < 1.29 is 5.11 Å². The lowest BCUT2D eigenvalue weighted by Crippen LogP contribution is -2.59. The van der Waals surface area contributed by atoms with Crippen molar-refractivity contribution in [3.05, 3.63) is 108 Å². The largest absolute Gasteiger partial charge is 0.394 e. The summed E-state index contributed by atoms with van der Waals surface area (Å²) in [5.41, 5.74) is 10.1. The van der Waals surface area contributed by atoms with Gasteiger partial charge in [0.25, 0.3) is 0 Å². The van der Waals surface area contributed by atoms with Gasteiger partial charge in [-0.05, 0) is 36.1 Å². The molecule has 0 amide bonds. The van der Waals surface area contributed by atoms with Crippen LogP contribution in [0.2, 0.25) is 0 Å². The Bertz CT molecular complexity index is 843. The average Bonchev–Trinajstić information content (AvgIpc) is 2.81. The fourth-order valence-corrected chi connectivity index (χ4v) is 4.87. The van der Waals surface area contributed by atoms with Crippen LogP contribution in [0, 0.1) is 0 Å². The number of aliphatic hydroxyl groups excluding tert-OH is 1. The average molecular weight is 387 g/mol. The Morgan fingerprint density at radius 2 is 1.34 bits per heavy atom. The first-order valence-corrected chi connectivity index (χ1v) is 10.6. The minimum absolute atomic E-state index is 0.0585. The smallest absolute Gasteiger partial charge is 0.0823 e. The first-order valence-electron chi connectivity index (χ1n) is 10.6. The lowest BCUT2D eigenvalue weighted by Gasteiger charge is -2.50. The van der Waals surface area contributed by atoms with Gasteiger partial charge in [-0.15, -0.1) is 0 Å². The summed E-state index contributed by atoms with van der Waals surface area (Å²) < 4.78 is 0. The maximum Gasteiger partial charge on any atom is 0.0823 e. The van der Waals surface area contributed by atoms with Crippen LogP contribution in [0.3, 0.4) is 0 Å². The van der Waals surface area contributed by atoms with E-state index in [0.29, 0.717) is 0 Å². The van der Waals surface area contributed by atoms with E-state index < -0.39 is 5.54 Å². The lowest BCUT2D eigenvalue weighted by atomic mass is 9.73. The molecule has 150 valence electrons. The predicted molar refractivity (Wildman–Crippen MR) is 118 cm³/mol. The van der Waals surface area contributed by atoms with E-state index in [1.807, 2.05) is 30.3 Å². The molecule has 0 aliphatic carbocycles. The molecule has 0 bridgehead atoms. The summed E-state index contributed by atoms with van der Waals surface area (Å²) in [6.45, 7) is 1.02. The predicted octanol–water partition coefficient (Wildman–Crippen LogP) is 4.48. The third kappa shape index (κ3) is 3.86. The molecular weight excluding hydrogens is 356 g/mol. The second-order valence-corrected chi connectivity index (χ2v) is 7.96. The van der Waals surface area contributed by atoms with Crippen LogP contribution in [0.5, 0.6) is 0 Å². The van der Waals surface area contributed by atoms with Gasteiger partial charge < -0.3 is 10.8 Å². The Kier molecular flexibility index (Phi) is 6.10. The normalized spacial score (nSPS) is 19.0. The highest BCUT2D eigenvalue weighted by Gasteiger charge is 2.44. The zero-order valence-corrected chi connectivity index (χ0v) is 16.8. The Labute approximate surface area is 173 Å². The highest BCUT2D eigenvalue weighted by molar-refractivity contribution is 5.40. The summed E-state index contributed by atoms with van der Waals surface area (Å²) in [5, 5.41) is 10.4. The standard InChI is InChI=1S/C26H30N2O/c27-26(22-14-6-2-7-15-22,23-16-8-3-9-17-23)25-18-10-11-19-28(25)24(20-29)21-12-4-1-5-13-21/h1-9,12-17,24-25,29H,10-11,18-20,27H2/t24-,25-/m0/s1. The third-order valence-electron chi connectivity index (χ3n) is 6.33. The van der Waals surface area contributed by atoms with Crippen molar-refractivity contribution in [3.8, 4) is 0 Å². The molecule has 0 aromatic heterocycles. The maximum atomic E-state index is 10.4. The van der Waals surface area contributed by atoms with E-state index in [4.69, 9.17) is 5.73 Å². The van der Waals surface area contributed by atoms with Crippen LogP contribution in [0.4, 0.5) is 0 Å². The van der Waals surface area contributed by atoms with Crippen molar-refractivity contribution in [2.75, 3.05) is 13.2 Å². The number of piperidine rings is 1. The molecule has 3 nitrogen and oxygen atoms in total. The van der Waals surface area contributed by atoms with E-state index in [-0.39, 0.29) is 18.7 Å². The van der Waals surface area contributed by atoms with Crippen LogP contribution < -0.4 is 5.73 Å². The monoisotopic (exact) mass is 386 g/mol. The third-order valence-corrected chi connectivity index (χ3v) is 6.33. The molecule has 3 heteroatoms. The molecule has 29 heavy (non-hydrogen) atoms. The molecule has 3 aromatic rings. The second-order valence-electron chi connectivity index (χ2n) is 7.96. The number of nitrogens with zero attached hydrogens (tertiary/aromatic N) is 1. The summed E-state index contributed by atoms with van der Waals surface area (Å²) in [6, 6.07) is 31.2. The van der Waals surface area contributed by atoms with Crippen molar-refractivity contribution in [3.63, 3.8) is 0 Å². The minimum Gasteiger partial charge on any atom is -0.394 e. The van der Waals surface area contributed by atoms with Crippen molar-refractivity contribution in [1.29, 1.82) is 0 Å². The number of aliphatic hydroxyl groups is 1. The molecule has 4 rings (SSSR count). The molecule has 1 heterocycles. The summed E-state index contributed by atoms with van der Waals surface area (Å²) in [6.07, 6.45) is 3.27. The molecule has 1 fully saturated rings. The lowest BCUT2D eigenvalue weighted by molar-refractivity contribution is 0.0261. The van der Waals surface area contributed by atoms with Gasteiger partial charge in [-0.2, -0.15) is 0 Å². The Morgan fingerprint density at radius 1 is 0.828 bits per heavy atom. The quantitative estimate of drug-likeness (QED) is 0.657. The maximum absolute atomic E-state index is 10.4. The molecule has 3 N–H and O–H groups in total. The van der Waals surface area contributed by atoms with Gasteiger partial charge in [0.15, 0.2) is 0 Å². The zero-order valence-electron chi connectivity index (χ0n) is 16.8. The zero-order chi connectivity index (χ0) is 20.1. The summed E-state index contributed by atoms with van der Waals surface area (Å²) in [7, 11) is 0. The van der Waals surface area contributed by atoms with E-state index in [0.717, 1.165) is 42.5 Å². The molecule has 2 atom stereocenters. The number of hydrogen-bond donors (Lipinski definition) is 2. The van der Waals surface area contributed by atoms with Crippen molar-refractivity contribution in [2.45, 2.75) is 36.9 Å². The van der Waals surface area contributed by atoms with Crippen LogP contribution in [0.1, 0.15) is 42.0 Å². The molecule has 1 saturated heterocycles. The number of nitrogens with two attached hydrogens (primary N) is 1. The van der Waals surface area contributed by atoms with Crippen LogP contribution in [-0.4, -0.2) is 29.2 Å². The number of likely N-dealkylation sites (tertiary alicyclic amines) is 1. The van der Waals surface area contributed by atoms with Gasteiger partial charge in [0.2, 0.25) is 0 Å². The van der Waals surface area contributed by atoms with E-state index in [2.05, 4.69) is 65.6 Å². The van der Waals surface area contributed by atoms with Crippen LogP contribution in [0.25, 0.3) is 0 Å². The Hall–Kier alpha value is -2.46. The van der Waals surface area contributed by atoms with Crippen molar-refractivity contribution >= 4 is 0 Å². The fourth-order valence-electron chi connectivity index (χ4n) is 4.87. The fraction of sp³-hybridized carbons (Fsp3) is 0.308. The second kappa shape index (κ2) is 8.91. The van der Waals surface area contributed by atoms with Crippen molar-refractivity contribution in [1.82, 2.24) is 4.90 Å². The van der Waals surface area contributed by atoms with Gasteiger partial charge in [0, 0.05) is 6.04 Å². The number of hydrogen-bond acceptors (Lipinski definition) is 3. The van der Waals surface area contributed by atoms with Gasteiger partial charge in [-0.25, -0.2) is 0 Å². The van der Waals surface area contributed by atoms with Crippen molar-refractivity contribution in [2.24, 2.45) is 5.73 Å². The van der Waals surface area contributed by atoms with Gasteiger partial charge in [-0.1, -0.05) is 97.4 Å². The molecule has 0 radical (unpaired) electrons.